The van der Waals surface area contributed by atoms with Gasteiger partial charge in [0.1, 0.15) is 11.2 Å². The average Bonchev–Trinajstić information content (AvgIpc) is 2.48. The molecule has 0 aliphatic heterocycles. The van der Waals surface area contributed by atoms with E-state index in [2.05, 4.69) is 15.1 Å². The van der Waals surface area contributed by atoms with Crippen molar-refractivity contribution in [3.63, 3.8) is 0 Å². The highest BCUT2D eigenvalue weighted by atomic mass is 31.1. The Bertz CT molecular complexity index is 501. The molecule has 68 valence electrons. The Labute approximate surface area is 76.0 Å². The maximum Gasteiger partial charge on any atom is 0.269 e. The molecule has 0 radical (unpaired) electrons. The fourth-order valence-corrected chi connectivity index (χ4v) is 1.68. The highest BCUT2D eigenvalue weighted by molar-refractivity contribution is 7.35. The van der Waals surface area contributed by atoms with Crippen molar-refractivity contribution in [1.29, 1.82) is 0 Å². The molecule has 13 heavy (non-hydrogen) atoms. The van der Waals surface area contributed by atoms with Crippen LogP contribution in [0.15, 0.2) is 11.0 Å². The maximum absolute atomic E-state index is 11.2. The van der Waals surface area contributed by atoms with E-state index < -0.39 is 0 Å². The Morgan fingerprint density at radius 2 is 2.38 bits per heavy atom. The lowest BCUT2D eigenvalue weighted by Crippen LogP contribution is -2.11. The van der Waals surface area contributed by atoms with Crippen LogP contribution in [0.4, 0.5) is 0 Å². The van der Waals surface area contributed by atoms with Crippen LogP contribution in [0.1, 0.15) is 5.69 Å². The molecule has 0 bridgehead atoms. The molecule has 0 fully saturated rings. The van der Waals surface area contributed by atoms with E-state index in [-0.39, 0.29) is 5.56 Å². The zero-order valence-electron chi connectivity index (χ0n) is 7.33. The Balaban J connectivity index is 2.84. The third kappa shape index (κ3) is 1.25. The molecule has 6 heteroatoms. The first-order chi connectivity index (χ1) is 6.22. The second kappa shape index (κ2) is 2.92. The lowest BCUT2D eigenvalue weighted by molar-refractivity contribution is 1.00. The summed E-state index contributed by atoms with van der Waals surface area (Å²) >= 11 is 0. The number of hydrogen-bond acceptors (Lipinski definition) is 3. The van der Waals surface area contributed by atoms with Gasteiger partial charge in [-0.25, -0.2) is 9.44 Å². The van der Waals surface area contributed by atoms with Gasteiger partial charge in [0.2, 0.25) is 0 Å². The highest BCUT2D eigenvalue weighted by Gasteiger charge is 2.04. The van der Waals surface area contributed by atoms with Gasteiger partial charge in [-0.1, -0.05) is 0 Å². The lowest BCUT2D eigenvalue weighted by atomic mass is 10.5. The summed E-state index contributed by atoms with van der Waals surface area (Å²) in [4.78, 5) is 18.1. The average molecular weight is 196 g/mol. The summed E-state index contributed by atoms with van der Waals surface area (Å²) in [5.41, 5.74) is 1.78. The molecular formula is C7H9N4OP. The van der Waals surface area contributed by atoms with E-state index in [1.165, 1.54) is 0 Å². The fourth-order valence-electron chi connectivity index (χ4n) is 1.12. The van der Waals surface area contributed by atoms with Crippen LogP contribution in [-0.2, 0) is 0 Å². The molecule has 0 saturated heterocycles. The minimum Gasteiger partial charge on any atom is -0.316 e. The van der Waals surface area contributed by atoms with Crippen molar-refractivity contribution in [1.82, 2.24) is 19.5 Å². The Morgan fingerprint density at radius 3 is 3.08 bits per heavy atom. The Morgan fingerprint density at radius 1 is 1.62 bits per heavy atom. The number of hydrogen-bond donors (Lipinski definition) is 1. The van der Waals surface area contributed by atoms with Gasteiger partial charge in [0.25, 0.3) is 5.56 Å². The largest absolute Gasteiger partial charge is 0.316 e. The molecule has 2 aromatic heterocycles. The van der Waals surface area contributed by atoms with Crippen molar-refractivity contribution in [2.24, 2.45) is 0 Å². The van der Waals surface area contributed by atoms with E-state index in [4.69, 9.17) is 0 Å². The van der Waals surface area contributed by atoms with E-state index in [0.717, 1.165) is 5.65 Å². The van der Waals surface area contributed by atoms with Crippen LogP contribution in [0.5, 0.6) is 0 Å². The summed E-state index contributed by atoms with van der Waals surface area (Å²) in [5, 5.41) is 4.09. The van der Waals surface area contributed by atoms with Gasteiger partial charge in [-0.3, -0.25) is 4.79 Å². The van der Waals surface area contributed by atoms with Crippen LogP contribution in [-0.4, -0.2) is 26.2 Å². The molecule has 0 aliphatic rings. The van der Waals surface area contributed by atoms with Crippen LogP contribution in [0, 0.1) is 6.92 Å². The van der Waals surface area contributed by atoms with Gasteiger partial charge in [0, 0.05) is 8.73 Å². The number of nitrogens with one attached hydrogen (secondary N) is 1. The van der Waals surface area contributed by atoms with Crippen molar-refractivity contribution < 1.29 is 0 Å². The molecule has 2 heterocycles. The number of fused-ring (bicyclic) bond motifs is 1. The molecule has 1 N–H and O–H groups in total. The quantitative estimate of drug-likeness (QED) is 0.675. The van der Waals surface area contributed by atoms with Gasteiger partial charge in [0.15, 0.2) is 5.65 Å². The van der Waals surface area contributed by atoms with Gasteiger partial charge in [-0.05, 0) is 13.6 Å². The minimum absolute atomic E-state index is 0.147. The zero-order chi connectivity index (χ0) is 9.42. The first-order valence-electron chi connectivity index (χ1n) is 3.85. The first-order valence-corrected chi connectivity index (χ1v) is 5.29. The third-order valence-corrected chi connectivity index (χ3v) is 2.56. The Hall–Kier alpha value is -1.22. The monoisotopic (exact) mass is 196 g/mol. The molecule has 0 aliphatic carbocycles. The van der Waals surface area contributed by atoms with Crippen molar-refractivity contribution in [3.8, 4) is 0 Å². The van der Waals surface area contributed by atoms with Gasteiger partial charge in [-0.2, -0.15) is 5.10 Å². The number of aromatic amines is 1. The number of aromatic nitrogens is 4. The van der Waals surface area contributed by atoms with Crippen molar-refractivity contribution in [2.45, 2.75) is 6.92 Å². The van der Waals surface area contributed by atoms with Crippen molar-refractivity contribution in [2.75, 3.05) is 6.66 Å². The summed E-state index contributed by atoms with van der Waals surface area (Å²) in [7, 11) is 0.522. The molecule has 2 rings (SSSR count). The fraction of sp³-hybridized carbons (Fsp3) is 0.286. The van der Waals surface area contributed by atoms with E-state index in [1.807, 2.05) is 6.66 Å². The predicted molar refractivity (Wildman–Crippen MR) is 52.5 cm³/mol. The maximum atomic E-state index is 11.2. The third-order valence-electron chi connectivity index (χ3n) is 1.81. The molecule has 5 nitrogen and oxygen atoms in total. The van der Waals surface area contributed by atoms with Gasteiger partial charge >= 0.3 is 0 Å². The summed E-state index contributed by atoms with van der Waals surface area (Å²) < 4.78 is 1.78. The van der Waals surface area contributed by atoms with Crippen molar-refractivity contribution in [3.05, 3.63) is 22.2 Å². The SMILES string of the molecule is CPn1ncc2[nH]c(=O)c(C)nc21. The molecule has 1 atom stereocenters. The number of H-pyrrole nitrogens is 1. The van der Waals surface area contributed by atoms with Crippen LogP contribution < -0.4 is 5.56 Å². The molecule has 0 amide bonds. The summed E-state index contributed by atoms with van der Waals surface area (Å²) in [5.74, 6) is 0. The number of rotatable bonds is 1. The summed E-state index contributed by atoms with van der Waals surface area (Å²) in [6.07, 6.45) is 1.62. The summed E-state index contributed by atoms with van der Waals surface area (Å²) in [6, 6.07) is 0. The molecule has 0 spiro atoms. The van der Waals surface area contributed by atoms with Crippen LogP contribution in [0.2, 0.25) is 0 Å². The molecule has 0 saturated carbocycles. The van der Waals surface area contributed by atoms with Gasteiger partial charge < -0.3 is 4.98 Å². The second-order valence-electron chi connectivity index (χ2n) is 2.67. The molecule has 1 unspecified atom stereocenters. The minimum atomic E-state index is -0.147. The van der Waals surface area contributed by atoms with Gasteiger partial charge in [-0.15, -0.1) is 0 Å². The molecule has 2 aromatic rings. The highest BCUT2D eigenvalue weighted by Crippen LogP contribution is 2.14. The molecular weight excluding hydrogens is 187 g/mol. The van der Waals surface area contributed by atoms with Crippen LogP contribution in [0.25, 0.3) is 11.2 Å². The number of nitrogens with zero attached hydrogens (tertiary/aromatic N) is 3. The standard InChI is InChI=1S/C7H9N4OP/c1-4-7(12)10-5-3-8-11(13-2)6(5)9-4/h3,13H,1-2H3,(H,10,12). The van der Waals surface area contributed by atoms with Crippen LogP contribution >= 0.6 is 8.73 Å². The molecule has 0 aromatic carbocycles. The van der Waals surface area contributed by atoms with Gasteiger partial charge in [0.05, 0.1) is 6.20 Å². The predicted octanol–water partition coefficient (Wildman–Crippen LogP) is 0.499. The van der Waals surface area contributed by atoms with E-state index in [1.54, 1.807) is 17.6 Å². The zero-order valence-corrected chi connectivity index (χ0v) is 8.33. The van der Waals surface area contributed by atoms with E-state index >= 15 is 0 Å². The van der Waals surface area contributed by atoms with E-state index in [0.29, 0.717) is 19.9 Å². The smallest absolute Gasteiger partial charge is 0.269 e. The topological polar surface area (TPSA) is 63.6 Å². The normalized spacial score (nSPS) is 11.8. The van der Waals surface area contributed by atoms with Crippen molar-refractivity contribution >= 4 is 19.9 Å². The first kappa shape index (κ1) is 8.38. The Kier molecular flexibility index (Phi) is 1.88. The summed E-state index contributed by atoms with van der Waals surface area (Å²) in [6.45, 7) is 3.70. The van der Waals surface area contributed by atoms with E-state index in [9.17, 15) is 4.79 Å². The second-order valence-corrected chi connectivity index (χ2v) is 3.54. The lowest BCUT2D eigenvalue weighted by Gasteiger charge is -1.96. The van der Waals surface area contributed by atoms with Crippen LogP contribution in [0.3, 0.4) is 0 Å². The number of aryl methyl sites for hydroxylation is 1.